The molecule has 0 aliphatic rings. The van der Waals surface area contributed by atoms with Gasteiger partial charge >= 0.3 is 17.9 Å². The predicted octanol–water partition coefficient (Wildman–Crippen LogP) is 8.62. The van der Waals surface area contributed by atoms with Gasteiger partial charge in [-0.3, -0.25) is 14.4 Å². The van der Waals surface area contributed by atoms with Crippen molar-refractivity contribution in [3.8, 4) is 45.3 Å². The van der Waals surface area contributed by atoms with Crippen molar-refractivity contribution < 1.29 is 42.9 Å². The van der Waals surface area contributed by atoms with Crippen molar-refractivity contribution in [1.29, 1.82) is 0 Å². The quantitative estimate of drug-likeness (QED) is 0.0295. The highest BCUT2D eigenvalue weighted by Crippen LogP contribution is 2.35. The molecule has 0 radical (unpaired) electrons. The molecule has 0 saturated heterocycles. The second-order valence-electron chi connectivity index (χ2n) is 12.0. The number of allylic oxidation sites excluding steroid dienone is 1. The van der Waals surface area contributed by atoms with Crippen LogP contribution >= 0.6 is 0 Å². The topological polar surface area (TPSA) is 122 Å². The summed E-state index contributed by atoms with van der Waals surface area (Å²) in [7, 11) is 1.52. The Morgan fingerprint density at radius 2 is 1.09 bits per heavy atom. The van der Waals surface area contributed by atoms with Crippen LogP contribution in [0.4, 0.5) is 0 Å². The van der Waals surface area contributed by atoms with Crippen molar-refractivity contribution in [2.24, 2.45) is 0 Å². The highest BCUT2D eigenvalue weighted by Gasteiger charge is 2.14. The number of rotatable bonds is 13. The van der Waals surface area contributed by atoms with Crippen LogP contribution in [0.15, 0.2) is 140 Å². The van der Waals surface area contributed by atoms with Gasteiger partial charge in [-0.05, 0) is 113 Å². The molecule has 0 heterocycles. The molecule has 5 aromatic rings. The SMILES string of the molecule is C=C(C)C(=O)Oc1cc(-c2ccc3cc(-c4ccc(OC(=O)CCc5ccc(OC(=O)C(=C)C=O)cc5)cc4)ccc3c2)ccc1OC.C=C(C)C=O. The third kappa shape index (κ3) is 11.1. The van der Waals surface area contributed by atoms with Crippen LogP contribution in [0, 0.1) is 0 Å². The Labute approximate surface area is 307 Å². The van der Waals surface area contributed by atoms with Gasteiger partial charge in [0.15, 0.2) is 17.8 Å². The minimum atomic E-state index is -0.812. The van der Waals surface area contributed by atoms with E-state index in [2.05, 4.69) is 31.9 Å². The van der Waals surface area contributed by atoms with Crippen molar-refractivity contribution in [1.82, 2.24) is 0 Å². The number of hydrogen-bond acceptors (Lipinski definition) is 9. The first-order chi connectivity index (χ1) is 25.4. The Kier molecular flexibility index (Phi) is 13.5. The summed E-state index contributed by atoms with van der Waals surface area (Å²) >= 11 is 0. The van der Waals surface area contributed by atoms with Crippen LogP contribution in [0.25, 0.3) is 33.0 Å². The lowest BCUT2D eigenvalue weighted by Crippen LogP contribution is -2.11. The molecule has 268 valence electrons. The number of fused-ring (bicyclic) bond motifs is 1. The van der Waals surface area contributed by atoms with Gasteiger partial charge in [-0.25, -0.2) is 9.59 Å². The second-order valence-corrected chi connectivity index (χ2v) is 12.0. The van der Waals surface area contributed by atoms with E-state index >= 15 is 0 Å². The van der Waals surface area contributed by atoms with E-state index in [0.717, 1.165) is 44.9 Å². The number of benzene rings is 5. The molecular weight excluding hydrogens is 672 g/mol. The zero-order valence-electron chi connectivity index (χ0n) is 29.7. The molecule has 0 saturated carbocycles. The van der Waals surface area contributed by atoms with Gasteiger partial charge in [0.25, 0.3) is 0 Å². The van der Waals surface area contributed by atoms with Crippen LogP contribution in [-0.4, -0.2) is 37.6 Å². The minimum absolute atomic E-state index is 0.160. The highest BCUT2D eigenvalue weighted by molar-refractivity contribution is 6.07. The standard InChI is InChI=1S/C40H32O8.C4H6O/c1-25(2)39(43)48-37-23-33(14-19-36(37)45-4)32-11-10-30-21-29(8-9-31(30)22-32)28-12-17-34(18-13-28)46-38(42)20-7-27-5-15-35(16-6-27)47-40(44)26(3)24-41;1-4(2)3-5/h5-6,8-19,21-24H,1,3,7,20H2,2,4H3;3H,1H2,2H3. The first-order valence-electron chi connectivity index (χ1n) is 16.4. The second kappa shape index (κ2) is 18.4. The first kappa shape index (κ1) is 38.9. The summed E-state index contributed by atoms with van der Waals surface area (Å²) in [6.07, 6.45) is 1.66. The molecule has 0 aromatic heterocycles. The molecule has 0 aliphatic heterocycles. The van der Waals surface area contributed by atoms with Crippen molar-refractivity contribution in [2.75, 3.05) is 7.11 Å². The van der Waals surface area contributed by atoms with Crippen molar-refractivity contribution >= 4 is 41.3 Å². The van der Waals surface area contributed by atoms with Gasteiger partial charge in [-0.1, -0.05) is 74.3 Å². The normalized spacial score (nSPS) is 10.2. The summed E-state index contributed by atoms with van der Waals surface area (Å²) < 4.78 is 21.4. The summed E-state index contributed by atoms with van der Waals surface area (Å²) in [6.45, 7) is 13.5. The fourth-order valence-electron chi connectivity index (χ4n) is 4.82. The Morgan fingerprint density at radius 1 is 0.585 bits per heavy atom. The van der Waals surface area contributed by atoms with Gasteiger partial charge in [-0.15, -0.1) is 0 Å². The average Bonchev–Trinajstić information content (AvgIpc) is 3.17. The molecule has 0 fully saturated rings. The number of hydrogen-bond donors (Lipinski definition) is 0. The summed E-state index contributed by atoms with van der Waals surface area (Å²) in [5.41, 5.74) is 5.27. The van der Waals surface area contributed by atoms with Crippen LogP contribution in [0.2, 0.25) is 0 Å². The molecule has 0 atom stereocenters. The monoisotopic (exact) mass is 710 g/mol. The Bertz CT molecular complexity index is 2190. The van der Waals surface area contributed by atoms with Crippen molar-refractivity contribution in [3.63, 3.8) is 0 Å². The zero-order chi connectivity index (χ0) is 38.5. The van der Waals surface area contributed by atoms with Crippen molar-refractivity contribution in [2.45, 2.75) is 26.7 Å². The third-order valence-electron chi connectivity index (χ3n) is 7.66. The molecule has 0 amide bonds. The van der Waals surface area contributed by atoms with Crippen LogP contribution < -0.4 is 18.9 Å². The number of methoxy groups -OCH3 is 1. The molecule has 0 bridgehead atoms. The van der Waals surface area contributed by atoms with E-state index in [-0.39, 0.29) is 23.7 Å². The lowest BCUT2D eigenvalue weighted by atomic mass is 9.97. The molecule has 0 spiro atoms. The van der Waals surface area contributed by atoms with Gasteiger partial charge in [0.2, 0.25) is 0 Å². The van der Waals surface area contributed by atoms with E-state index in [4.69, 9.17) is 18.9 Å². The van der Waals surface area contributed by atoms with Crippen LogP contribution in [-0.2, 0) is 30.4 Å². The number of aryl methyl sites for hydroxylation is 1. The molecule has 0 aliphatic carbocycles. The summed E-state index contributed by atoms with van der Waals surface area (Å²) in [5, 5.41) is 2.09. The van der Waals surface area contributed by atoms with E-state index in [9.17, 15) is 24.0 Å². The molecule has 53 heavy (non-hydrogen) atoms. The largest absolute Gasteiger partial charge is 0.493 e. The third-order valence-corrected chi connectivity index (χ3v) is 7.66. The fraction of sp³-hybridized carbons (Fsp3) is 0.114. The lowest BCUT2D eigenvalue weighted by molar-refractivity contribution is -0.134. The number of ether oxygens (including phenoxy) is 4. The maximum absolute atomic E-state index is 12.5. The lowest BCUT2D eigenvalue weighted by Gasteiger charge is -2.12. The van der Waals surface area contributed by atoms with E-state index in [0.29, 0.717) is 41.1 Å². The number of carbonyl (C=O) groups excluding carboxylic acids is 5. The zero-order valence-corrected chi connectivity index (χ0v) is 29.7. The predicted molar refractivity (Wildman–Crippen MR) is 204 cm³/mol. The van der Waals surface area contributed by atoms with Gasteiger partial charge in [0.05, 0.1) is 12.7 Å². The van der Waals surface area contributed by atoms with Gasteiger partial charge in [-0.2, -0.15) is 0 Å². The number of carbonyl (C=O) groups is 5. The van der Waals surface area contributed by atoms with Gasteiger partial charge < -0.3 is 18.9 Å². The van der Waals surface area contributed by atoms with E-state index in [1.54, 1.807) is 62.4 Å². The number of esters is 3. The van der Waals surface area contributed by atoms with Crippen LogP contribution in [0.3, 0.4) is 0 Å². The van der Waals surface area contributed by atoms with E-state index in [1.165, 1.54) is 7.11 Å². The summed E-state index contributed by atoms with van der Waals surface area (Å²) in [6, 6.07) is 31.7. The summed E-state index contributed by atoms with van der Waals surface area (Å²) in [4.78, 5) is 56.3. The minimum Gasteiger partial charge on any atom is -0.493 e. The fourth-order valence-corrected chi connectivity index (χ4v) is 4.82. The molecule has 9 nitrogen and oxygen atoms in total. The Morgan fingerprint density at radius 3 is 1.64 bits per heavy atom. The van der Waals surface area contributed by atoms with Crippen LogP contribution in [0.5, 0.6) is 23.0 Å². The molecular formula is C44H38O9. The number of aldehydes is 2. The van der Waals surface area contributed by atoms with Crippen LogP contribution in [0.1, 0.15) is 25.8 Å². The van der Waals surface area contributed by atoms with E-state index in [1.807, 2.05) is 42.5 Å². The maximum atomic E-state index is 12.5. The van der Waals surface area contributed by atoms with E-state index < -0.39 is 11.9 Å². The molecule has 5 aromatic carbocycles. The molecule has 9 heteroatoms. The maximum Gasteiger partial charge on any atom is 0.346 e. The molecule has 0 N–H and O–H groups in total. The molecule has 0 unspecified atom stereocenters. The Hall–Kier alpha value is -6.87. The first-order valence-corrected chi connectivity index (χ1v) is 16.4. The van der Waals surface area contributed by atoms with Gasteiger partial charge in [0.1, 0.15) is 17.8 Å². The summed E-state index contributed by atoms with van der Waals surface area (Å²) in [5.74, 6) is -0.209. The van der Waals surface area contributed by atoms with Gasteiger partial charge in [0, 0.05) is 12.0 Å². The highest BCUT2D eigenvalue weighted by atomic mass is 16.6. The average molecular weight is 711 g/mol. The molecule has 5 rings (SSSR count). The smallest absolute Gasteiger partial charge is 0.346 e. The Balaban J connectivity index is 0.00000117. The van der Waals surface area contributed by atoms with Crippen molar-refractivity contribution in [3.05, 3.63) is 145 Å².